The third-order valence-electron chi connectivity index (χ3n) is 3.54. The van der Waals surface area contributed by atoms with Crippen LogP contribution in [0.5, 0.6) is 0 Å². The predicted molar refractivity (Wildman–Crippen MR) is 69.7 cm³/mol. The molecule has 0 radical (unpaired) electrons. The van der Waals surface area contributed by atoms with Crippen LogP contribution in [0.3, 0.4) is 0 Å². The summed E-state index contributed by atoms with van der Waals surface area (Å²) in [4.78, 5) is 2.35. The van der Waals surface area contributed by atoms with Gasteiger partial charge in [0, 0.05) is 24.8 Å². The van der Waals surface area contributed by atoms with Gasteiger partial charge in [-0.2, -0.15) is 0 Å². The normalized spacial score (nSPS) is 17.2. The summed E-state index contributed by atoms with van der Waals surface area (Å²) >= 11 is 0. The van der Waals surface area contributed by atoms with Gasteiger partial charge in [0.25, 0.3) is 0 Å². The zero-order chi connectivity index (χ0) is 11.5. The molecule has 2 rings (SSSR count). The third kappa shape index (κ3) is 2.38. The molecule has 0 heterocycles. The van der Waals surface area contributed by atoms with Gasteiger partial charge in [-0.05, 0) is 50.3 Å². The molecule has 1 aromatic rings. The second-order valence-corrected chi connectivity index (χ2v) is 4.63. The van der Waals surface area contributed by atoms with Crippen molar-refractivity contribution < 1.29 is 0 Å². The Morgan fingerprint density at radius 2 is 1.75 bits per heavy atom. The van der Waals surface area contributed by atoms with Crippen LogP contribution < -0.4 is 10.6 Å². The van der Waals surface area contributed by atoms with Gasteiger partial charge in [-0.15, -0.1) is 0 Å². The van der Waals surface area contributed by atoms with Crippen LogP contribution in [-0.2, 0) is 0 Å². The lowest BCUT2D eigenvalue weighted by Crippen LogP contribution is -2.21. The van der Waals surface area contributed by atoms with Crippen molar-refractivity contribution in [2.24, 2.45) is 11.7 Å². The molecule has 0 unspecified atom stereocenters. The number of nitrogens with two attached hydrogens (primary N) is 1. The largest absolute Gasteiger partial charge is 0.372 e. The van der Waals surface area contributed by atoms with Gasteiger partial charge in [0.15, 0.2) is 0 Å². The van der Waals surface area contributed by atoms with Crippen LogP contribution in [0.25, 0.3) is 0 Å². The smallest absolute Gasteiger partial charge is 0.0366 e. The second kappa shape index (κ2) is 4.88. The lowest BCUT2D eigenvalue weighted by Gasteiger charge is -2.21. The first-order valence-corrected chi connectivity index (χ1v) is 6.36. The average molecular weight is 218 g/mol. The van der Waals surface area contributed by atoms with E-state index in [1.807, 2.05) is 0 Å². The van der Waals surface area contributed by atoms with Crippen LogP contribution in [0.4, 0.5) is 5.69 Å². The standard InChI is InChI=1S/C14H22N2/c1-3-16(4-2)13-9-7-12(8-10-13)14(15)11-5-6-11/h7-11,14H,3-6,15H2,1-2H3/t14-/m0/s1. The molecule has 0 amide bonds. The molecule has 1 aliphatic carbocycles. The van der Waals surface area contributed by atoms with Gasteiger partial charge in [-0.3, -0.25) is 0 Å². The van der Waals surface area contributed by atoms with Crippen molar-refractivity contribution >= 4 is 5.69 Å². The highest BCUT2D eigenvalue weighted by atomic mass is 15.1. The first kappa shape index (κ1) is 11.5. The summed E-state index contributed by atoms with van der Waals surface area (Å²) < 4.78 is 0. The molecule has 1 saturated carbocycles. The van der Waals surface area contributed by atoms with E-state index in [4.69, 9.17) is 5.73 Å². The van der Waals surface area contributed by atoms with Gasteiger partial charge in [0.2, 0.25) is 0 Å². The van der Waals surface area contributed by atoms with Crippen molar-refractivity contribution in [3.63, 3.8) is 0 Å². The Hall–Kier alpha value is -1.02. The Bertz CT molecular complexity index is 302. The summed E-state index contributed by atoms with van der Waals surface area (Å²) in [6.07, 6.45) is 2.61. The molecule has 88 valence electrons. The summed E-state index contributed by atoms with van der Waals surface area (Å²) in [6.45, 7) is 6.50. The highest BCUT2D eigenvalue weighted by molar-refractivity contribution is 5.47. The third-order valence-corrected chi connectivity index (χ3v) is 3.54. The molecular weight excluding hydrogens is 196 g/mol. The first-order valence-electron chi connectivity index (χ1n) is 6.36. The molecule has 1 fully saturated rings. The van der Waals surface area contributed by atoms with E-state index in [-0.39, 0.29) is 6.04 Å². The molecule has 2 N–H and O–H groups in total. The van der Waals surface area contributed by atoms with Crippen LogP contribution >= 0.6 is 0 Å². The minimum absolute atomic E-state index is 0.255. The SMILES string of the molecule is CCN(CC)c1ccc([C@@H](N)C2CC2)cc1. The number of hydrogen-bond donors (Lipinski definition) is 1. The van der Waals surface area contributed by atoms with Crippen LogP contribution in [-0.4, -0.2) is 13.1 Å². The van der Waals surface area contributed by atoms with Crippen LogP contribution in [0.15, 0.2) is 24.3 Å². The van der Waals surface area contributed by atoms with Crippen LogP contribution in [0.2, 0.25) is 0 Å². The monoisotopic (exact) mass is 218 g/mol. The highest BCUT2D eigenvalue weighted by Crippen LogP contribution is 2.39. The molecule has 1 aliphatic rings. The summed E-state index contributed by atoms with van der Waals surface area (Å²) in [5.41, 5.74) is 8.77. The fraction of sp³-hybridized carbons (Fsp3) is 0.571. The molecule has 0 spiro atoms. The van der Waals surface area contributed by atoms with Crippen LogP contribution in [0.1, 0.15) is 38.3 Å². The lowest BCUT2D eigenvalue weighted by molar-refractivity contribution is 0.633. The number of anilines is 1. The van der Waals surface area contributed by atoms with E-state index >= 15 is 0 Å². The number of nitrogens with zero attached hydrogens (tertiary/aromatic N) is 1. The minimum Gasteiger partial charge on any atom is -0.372 e. The number of benzene rings is 1. The topological polar surface area (TPSA) is 29.3 Å². The lowest BCUT2D eigenvalue weighted by atomic mass is 10.0. The molecular formula is C14H22N2. The Kier molecular flexibility index (Phi) is 3.49. The Morgan fingerprint density at radius 1 is 1.19 bits per heavy atom. The Morgan fingerprint density at radius 3 is 2.19 bits per heavy atom. The van der Waals surface area contributed by atoms with E-state index in [0.29, 0.717) is 0 Å². The van der Waals surface area contributed by atoms with E-state index < -0.39 is 0 Å². The maximum atomic E-state index is 6.18. The van der Waals surface area contributed by atoms with Gasteiger partial charge >= 0.3 is 0 Å². The van der Waals surface area contributed by atoms with E-state index in [1.54, 1.807) is 0 Å². The van der Waals surface area contributed by atoms with Gasteiger partial charge in [-0.25, -0.2) is 0 Å². The molecule has 16 heavy (non-hydrogen) atoms. The molecule has 0 aliphatic heterocycles. The van der Waals surface area contributed by atoms with Crippen molar-refractivity contribution in [3.05, 3.63) is 29.8 Å². The minimum atomic E-state index is 0.255. The zero-order valence-corrected chi connectivity index (χ0v) is 10.3. The highest BCUT2D eigenvalue weighted by Gasteiger charge is 2.29. The van der Waals surface area contributed by atoms with Crippen molar-refractivity contribution in [3.8, 4) is 0 Å². The van der Waals surface area contributed by atoms with Crippen molar-refractivity contribution in [1.82, 2.24) is 0 Å². The van der Waals surface area contributed by atoms with Gasteiger partial charge in [0.05, 0.1) is 0 Å². The van der Waals surface area contributed by atoms with E-state index in [2.05, 4.69) is 43.0 Å². The number of hydrogen-bond acceptors (Lipinski definition) is 2. The van der Waals surface area contributed by atoms with Crippen molar-refractivity contribution in [2.45, 2.75) is 32.7 Å². The van der Waals surface area contributed by atoms with E-state index in [0.717, 1.165) is 19.0 Å². The molecule has 0 saturated heterocycles. The quantitative estimate of drug-likeness (QED) is 0.823. The maximum absolute atomic E-state index is 6.18. The molecule has 0 bridgehead atoms. The van der Waals surface area contributed by atoms with Crippen molar-refractivity contribution in [1.29, 1.82) is 0 Å². The van der Waals surface area contributed by atoms with Gasteiger partial charge in [-0.1, -0.05) is 12.1 Å². The summed E-state index contributed by atoms with van der Waals surface area (Å²) in [6, 6.07) is 9.04. The molecule has 1 aromatic carbocycles. The van der Waals surface area contributed by atoms with Gasteiger partial charge < -0.3 is 10.6 Å². The van der Waals surface area contributed by atoms with Gasteiger partial charge in [0.1, 0.15) is 0 Å². The molecule has 1 atom stereocenters. The maximum Gasteiger partial charge on any atom is 0.0366 e. The fourth-order valence-corrected chi connectivity index (χ4v) is 2.22. The molecule has 2 heteroatoms. The predicted octanol–water partition coefficient (Wildman–Crippen LogP) is 2.94. The first-order chi connectivity index (χ1) is 7.76. The van der Waals surface area contributed by atoms with E-state index in [1.165, 1.54) is 24.1 Å². The molecule has 0 aromatic heterocycles. The summed E-state index contributed by atoms with van der Waals surface area (Å²) in [5, 5.41) is 0. The fourth-order valence-electron chi connectivity index (χ4n) is 2.22. The average Bonchev–Trinajstić information content (AvgIpc) is 3.15. The number of rotatable bonds is 5. The zero-order valence-electron chi connectivity index (χ0n) is 10.3. The summed E-state index contributed by atoms with van der Waals surface area (Å²) in [7, 11) is 0. The van der Waals surface area contributed by atoms with Crippen molar-refractivity contribution in [2.75, 3.05) is 18.0 Å². The second-order valence-electron chi connectivity index (χ2n) is 4.63. The van der Waals surface area contributed by atoms with Crippen LogP contribution in [0, 0.1) is 5.92 Å². The molecule has 2 nitrogen and oxygen atoms in total. The summed E-state index contributed by atoms with van der Waals surface area (Å²) in [5.74, 6) is 0.735. The van der Waals surface area contributed by atoms with E-state index in [9.17, 15) is 0 Å². The Balaban J connectivity index is 2.08. The Labute approximate surface area is 98.4 Å².